The van der Waals surface area contributed by atoms with Gasteiger partial charge in [-0.2, -0.15) is 0 Å². The molecule has 1 spiro atoms. The molecule has 2 bridgehead atoms. The van der Waals surface area contributed by atoms with E-state index < -0.39 is 11.6 Å². The van der Waals surface area contributed by atoms with E-state index in [1.807, 2.05) is 12.3 Å². The molecule has 26 heavy (non-hydrogen) atoms. The molecule has 2 saturated carbocycles. The van der Waals surface area contributed by atoms with Crippen molar-refractivity contribution in [3.63, 3.8) is 0 Å². The van der Waals surface area contributed by atoms with Gasteiger partial charge in [-0.15, -0.1) is 0 Å². The summed E-state index contributed by atoms with van der Waals surface area (Å²) in [5.41, 5.74) is 1.69. The lowest BCUT2D eigenvalue weighted by atomic mass is 9.43. The summed E-state index contributed by atoms with van der Waals surface area (Å²) in [6, 6.07) is 2.05. The number of fused-ring (bicyclic) bond motifs is 2. The quantitative estimate of drug-likeness (QED) is 0.777. The van der Waals surface area contributed by atoms with Gasteiger partial charge in [-0.3, -0.25) is 0 Å². The minimum atomic E-state index is -1.48. The molecule has 2 fully saturated rings. The van der Waals surface area contributed by atoms with Crippen LogP contribution in [0.2, 0.25) is 0 Å². The molecular weight excluding hydrogens is 330 g/mol. The van der Waals surface area contributed by atoms with Crippen molar-refractivity contribution in [2.24, 2.45) is 22.7 Å². The van der Waals surface area contributed by atoms with Crippen LogP contribution in [0.5, 0.6) is 0 Å². The predicted octanol–water partition coefficient (Wildman–Crippen LogP) is 2.87. The fraction of sp³-hybridized carbons (Fsp3) is 0.667. The van der Waals surface area contributed by atoms with Crippen molar-refractivity contribution in [1.29, 1.82) is 0 Å². The molecule has 6 atom stereocenters. The smallest absolute Gasteiger partial charge is 0.334 e. The fourth-order valence-electron chi connectivity index (χ4n) is 7.85. The number of carbonyl (C=O) groups is 1. The van der Waals surface area contributed by atoms with Gasteiger partial charge in [0.25, 0.3) is 0 Å². The Morgan fingerprint density at radius 2 is 2.19 bits per heavy atom. The van der Waals surface area contributed by atoms with Crippen molar-refractivity contribution in [2.45, 2.75) is 51.0 Å². The normalized spacial score (nSPS) is 45.6. The van der Waals surface area contributed by atoms with Gasteiger partial charge in [-0.05, 0) is 60.1 Å². The van der Waals surface area contributed by atoms with Crippen LogP contribution in [0.25, 0.3) is 0 Å². The summed E-state index contributed by atoms with van der Waals surface area (Å²) >= 11 is 0. The molecule has 1 heterocycles. The largest absolute Gasteiger partial charge is 0.478 e. The van der Waals surface area contributed by atoms with Crippen molar-refractivity contribution in [3.05, 3.63) is 34.7 Å². The number of aliphatic hydroxyl groups is 1. The third-order valence-electron chi connectivity index (χ3n) is 8.49. The first-order valence-corrected chi connectivity index (χ1v) is 9.67. The van der Waals surface area contributed by atoms with Gasteiger partial charge in [0.2, 0.25) is 0 Å². The number of methoxy groups -OCH3 is 1. The first-order chi connectivity index (χ1) is 12.3. The van der Waals surface area contributed by atoms with Crippen LogP contribution >= 0.6 is 0 Å². The van der Waals surface area contributed by atoms with E-state index in [1.54, 1.807) is 7.11 Å². The van der Waals surface area contributed by atoms with Gasteiger partial charge < -0.3 is 19.9 Å². The molecule has 0 aromatic carbocycles. The average Bonchev–Trinajstić information content (AvgIpc) is 3.13. The lowest BCUT2D eigenvalue weighted by Gasteiger charge is -2.60. The summed E-state index contributed by atoms with van der Waals surface area (Å²) in [6.07, 6.45) is 5.90. The summed E-state index contributed by atoms with van der Waals surface area (Å²) in [6.45, 7) is 4.63. The van der Waals surface area contributed by atoms with Crippen molar-refractivity contribution < 1.29 is 19.7 Å². The number of carboxylic acid groups (broad SMARTS) is 1. The Morgan fingerprint density at radius 1 is 1.42 bits per heavy atom. The van der Waals surface area contributed by atoms with Crippen LogP contribution in [0.3, 0.4) is 0 Å². The topological polar surface area (TPSA) is 82.6 Å². The van der Waals surface area contributed by atoms with Crippen molar-refractivity contribution in [1.82, 2.24) is 4.98 Å². The zero-order chi connectivity index (χ0) is 18.5. The van der Waals surface area contributed by atoms with E-state index in [2.05, 4.69) is 18.8 Å². The molecule has 0 amide bonds. The highest BCUT2D eigenvalue weighted by Gasteiger charge is 2.77. The third-order valence-corrected chi connectivity index (χ3v) is 8.49. The summed E-state index contributed by atoms with van der Waals surface area (Å²) < 4.78 is 5.40. The van der Waals surface area contributed by atoms with E-state index in [1.165, 1.54) is 0 Å². The molecule has 5 nitrogen and oxygen atoms in total. The molecule has 5 heteroatoms. The number of allylic oxidation sites excluding steroid dienone is 1. The standard InChI is InChI=1S/C21H27NO4/c1-11-4-5-12-8-14-16(18(23)24)20(25,10-26-3)17-13-6-7-22-15(13)9-19(12,2)21(11,14)17/h6-7,11-12,17,22,25H,4-5,8-10H2,1-3H3,(H,23,24)/t11-,12-,17-,19+,20+,21+/m1/s1. The Kier molecular flexibility index (Phi) is 3.07. The van der Waals surface area contributed by atoms with Crippen LogP contribution < -0.4 is 0 Å². The van der Waals surface area contributed by atoms with E-state index >= 15 is 0 Å². The van der Waals surface area contributed by atoms with Gasteiger partial charge in [-0.25, -0.2) is 4.79 Å². The lowest BCUT2D eigenvalue weighted by Crippen LogP contribution is -2.58. The number of nitrogens with one attached hydrogen (secondary N) is 1. The molecule has 4 aliphatic carbocycles. The molecule has 140 valence electrons. The third kappa shape index (κ3) is 1.48. The van der Waals surface area contributed by atoms with Gasteiger partial charge >= 0.3 is 5.97 Å². The second-order valence-corrected chi connectivity index (χ2v) is 9.20. The number of hydrogen-bond acceptors (Lipinski definition) is 3. The van der Waals surface area contributed by atoms with Crippen LogP contribution in [0.1, 0.15) is 50.3 Å². The number of rotatable bonds is 3. The number of aromatic nitrogens is 1. The van der Waals surface area contributed by atoms with E-state index in [0.29, 0.717) is 11.8 Å². The highest BCUT2D eigenvalue weighted by atomic mass is 16.5. The van der Waals surface area contributed by atoms with Gasteiger partial charge in [0.1, 0.15) is 5.60 Å². The fourth-order valence-corrected chi connectivity index (χ4v) is 7.85. The maximum atomic E-state index is 12.4. The van der Waals surface area contributed by atoms with E-state index in [4.69, 9.17) is 4.74 Å². The predicted molar refractivity (Wildman–Crippen MR) is 95.8 cm³/mol. The summed E-state index contributed by atoms with van der Waals surface area (Å²) in [7, 11) is 1.54. The molecule has 0 radical (unpaired) electrons. The van der Waals surface area contributed by atoms with Gasteiger partial charge in [0, 0.05) is 30.3 Å². The Morgan fingerprint density at radius 3 is 2.88 bits per heavy atom. The Labute approximate surface area is 153 Å². The number of aliphatic carboxylic acids is 1. The zero-order valence-electron chi connectivity index (χ0n) is 15.6. The summed E-state index contributed by atoms with van der Waals surface area (Å²) in [5.74, 6) is -0.414. The first kappa shape index (κ1) is 16.6. The number of aromatic amines is 1. The molecule has 0 saturated heterocycles. The molecule has 0 unspecified atom stereocenters. The SMILES string of the molecule is COC[C@]1(O)C(C(=O)O)=C2C[C@H]3CC[C@@H](C)[C@@]24[C@@H]1c1cc[nH]c1C[C@@]34C. The Balaban J connectivity index is 1.90. The zero-order valence-corrected chi connectivity index (χ0v) is 15.6. The molecule has 4 aliphatic rings. The minimum absolute atomic E-state index is 0.0165. The maximum absolute atomic E-state index is 12.4. The number of ether oxygens (including phenoxy) is 1. The Bertz CT molecular complexity index is 841. The highest BCUT2D eigenvalue weighted by molar-refractivity contribution is 5.93. The number of carboxylic acids is 1. The van der Waals surface area contributed by atoms with E-state index in [-0.39, 0.29) is 28.9 Å². The monoisotopic (exact) mass is 357 g/mol. The second kappa shape index (κ2) is 4.82. The van der Waals surface area contributed by atoms with Gasteiger partial charge in [-0.1, -0.05) is 13.8 Å². The molecule has 0 aliphatic heterocycles. The number of H-pyrrole nitrogens is 1. The van der Waals surface area contributed by atoms with Crippen LogP contribution in [-0.4, -0.2) is 40.5 Å². The van der Waals surface area contributed by atoms with Crippen molar-refractivity contribution in [2.75, 3.05) is 13.7 Å². The minimum Gasteiger partial charge on any atom is -0.478 e. The summed E-state index contributed by atoms with van der Waals surface area (Å²) in [4.78, 5) is 15.8. The first-order valence-electron chi connectivity index (χ1n) is 9.67. The van der Waals surface area contributed by atoms with Crippen LogP contribution in [0.4, 0.5) is 0 Å². The average molecular weight is 357 g/mol. The van der Waals surface area contributed by atoms with E-state index in [9.17, 15) is 15.0 Å². The van der Waals surface area contributed by atoms with Crippen LogP contribution in [0.15, 0.2) is 23.4 Å². The van der Waals surface area contributed by atoms with E-state index in [0.717, 1.165) is 42.5 Å². The molecular formula is C21H27NO4. The molecule has 1 aromatic rings. The van der Waals surface area contributed by atoms with Crippen molar-refractivity contribution >= 4 is 5.97 Å². The lowest BCUT2D eigenvalue weighted by molar-refractivity contribution is -0.140. The molecule has 5 rings (SSSR count). The van der Waals surface area contributed by atoms with Crippen LogP contribution in [-0.2, 0) is 16.0 Å². The maximum Gasteiger partial charge on any atom is 0.334 e. The molecule has 3 N–H and O–H groups in total. The van der Waals surface area contributed by atoms with Gasteiger partial charge in [0.05, 0.1) is 12.2 Å². The van der Waals surface area contributed by atoms with Gasteiger partial charge in [0.15, 0.2) is 0 Å². The van der Waals surface area contributed by atoms with Crippen molar-refractivity contribution in [3.8, 4) is 0 Å². The summed E-state index contributed by atoms with van der Waals surface area (Å²) in [5, 5.41) is 22.0. The molecule has 1 aromatic heterocycles. The number of hydrogen-bond donors (Lipinski definition) is 3. The van der Waals surface area contributed by atoms with Crippen LogP contribution in [0, 0.1) is 22.7 Å². The second-order valence-electron chi connectivity index (χ2n) is 9.20. The Hall–Kier alpha value is -1.59. The highest BCUT2D eigenvalue weighted by Crippen LogP contribution is 2.80.